The number of benzene rings is 3. The van der Waals surface area contributed by atoms with E-state index >= 15 is 0 Å². The fourth-order valence-electron chi connectivity index (χ4n) is 2.52. The van der Waals surface area contributed by atoms with Gasteiger partial charge in [-0.1, -0.05) is 72.8 Å². The fraction of sp³-hybridized carbons (Fsp3) is 0. The van der Waals surface area contributed by atoms with Crippen LogP contribution in [0.2, 0.25) is 0 Å². The van der Waals surface area contributed by atoms with Gasteiger partial charge in [-0.2, -0.15) is 0 Å². The molecular formula is C21H16O2S. The number of hydrogen-bond acceptors (Lipinski definition) is 2. The van der Waals surface area contributed by atoms with Crippen molar-refractivity contribution in [2.75, 3.05) is 0 Å². The van der Waals surface area contributed by atoms with Crippen molar-refractivity contribution < 1.29 is 9.90 Å². The van der Waals surface area contributed by atoms with E-state index in [-0.39, 0.29) is 5.56 Å². The summed E-state index contributed by atoms with van der Waals surface area (Å²) >= 11 is 4.39. The van der Waals surface area contributed by atoms with Crippen molar-refractivity contribution >= 4 is 30.8 Å². The number of thiol groups is 1. The van der Waals surface area contributed by atoms with Crippen LogP contribution in [0.5, 0.6) is 0 Å². The molecule has 2 nitrogen and oxygen atoms in total. The molecule has 0 amide bonds. The van der Waals surface area contributed by atoms with Gasteiger partial charge in [0.1, 0.15) is 0 Å². The Morgan fingerprint density at radius 1 is 0.833 bits per heavy atom. The average Bonchev–Trinajstić information content (AvgIpc) is 2.61. The summed E-state index contributed by atoms with van der Waals surface area (Å²) in [5.41, 5.74) is 4.52. The van der Waals surface area contributed by atoms with Gasteiger partial charge in [0.25, 0.3) is 0 Å². The van der Waals surface area contributed by atoms with E-state index < -0.39 is 5.97 Å². The maximum atomic E-state index is 11.0. The number of carboxylic acid groups (broad SMARTS) is 1. The van der Waals surface area contributed by atoms with Crippen LogP contribution in [-0.4, -0.2) is 11.1 Å². The zero-order valence-electron chi connectivity index (χ0n) is 12.9. The highest BCUT2D eigenvalue weighted by Crippen LogP contribution is 2.26. The molecule has 0 bridgehead atoms. The van der Waals surface area contributed by atoms with Crippen LogP contribution in [0, 0.1) is 0 Å². The minimum Gasteiger partial charge on any atom is -0.478 e. The van der Waals surface area contributed by atoms with Crippen molar-refractivity contribution in [1.82, 2.24) is 0 Å². The van der Waals surface area contributed by atoms with Crippen LogP contribution in [-0.2, 0) is 0 Å². The third kappa shape index (κ3) is 3.58. The second-order valence-corrected chi connectivity index (χ2v) is 5.85. The molecule has 0 aromatic heterocycles. The Hall–Kier alpha value is -2.78. The molecule has 0 saturated carbocycles. The molecule has 0 spiro atoms. The van der Waals surface area contributed by atoms with Crippen LogP contribution in [0.1, 0.15) is 21.5 Å². The van der Waals surface area contributed by atoms with Crippen molar-refractivity contribution in [3.63, 3.8) is 0 Å². The number of carbonyl (C=O) groups is 1. The molecule has 0 unspecified atom stereocenters. The van der Waals surface area contributed by atoms with E-state index in [4.69, 9.17) is 5.11 Å². The highest BCUT2D eigenvalue weighted by Gasteiger charge is 2.05. The third-order valence-electron chi connectivity index (χ3n) is 3.77. The predicted molar refractivity (Wildman–Crippen MR) is 101 cm³/mol. The Labute approximate surface area is 146 Å². The SMILES string of the molecule is O=C(O)c1ccc(C=Cc2ccccc2-c2ccccc2)c(S)c1. The summed E-state index contributed by atoms with van der Waals surface area (Å²) in [6.07, 6.45) is 3.98. The Kier molecular flexibility index (Phi) is 4.82. The highest BCUT2D eigenvalue weighted by atomic mass is 32.1. The minimum absolute atomic E-state index is 0.238. The van der Waals surface area contributed by atoms with Gasteiger partial charge in [0.2, 0.25) is 0 Å². The zero-order valence-corrected chi connectivity index (χ0v) is 13.8. The largest absolute Gasteiger partial charge is 0.478 e. The smallest absolute Gasteiger partial charge is 0.335 e. The first-order chi connectivity index (χ1) is 11.6. The summed E-state index contributed by atoms with van der Waals surface area (Å²) in [5, 5.41) is 9.02. The number of carboxylic acids is 1. The Morgan fingerprint density at radius 3 is 2.21 bits per heavy atom. The lowest BCUT2D eigenvalue weighted by atomic mass is 9.99. The van der Waals surface area contributed by atoms with E-state index in [0.29, 0.717) is 4.90 Å². The van der Waals surface area contributed by atoms with Gasteiger partial charge in [-0.25, -0.2) is 4.79 Å². The molecule has 0 aliphatic carbocycles. The van der Waals surface area contributed by atoms with Crippen molar-refractivity contribution in [3.05, 3.63) is 89.5 Å². The summed E-state index contributed by atoms with van der Waals surface area (Å²) < 4.78 is 0. The summed E-state index contributed by atoms with van der Waals surface area (Å²) in [5.74, 6) is -0.949. The molecule has 3 aromatic rings. The molecule has 0 aliphatic heterocycles. The van der Waals surface area contributed by atoms with Gasteiger partial charge in [0.05, 0.1) is 5.56 Å². The fourth-order valence-corrected chi connectivity index (χ4v) is 2.81. The molecule has 0 radical (unpaired) electrons. The standard InChI is InChI=1S/C21H16O2S/c22-21(23)18-13-12-17(20(24)14-18)11-10-16-8-4-5-9-19(16)15-6-2-1-3-7-15/h1-14,24H,(H,22,23). The van der Waals surface area contributed by atoms with E-state index in [1.807, 2.05) is 42.5 Å². The second kappa shape index (κ2) is 7.20. The molecule has 0 heterocycles. The quantitative estimate of drug-likeness (QED) is 0.488. The minimum atomic E-state index is -0.949. The summed E-state index contributed by atoms with van der Waals surface area (Å²) in [6.45, 7) is 0. The topological polar surface area (TPSA) is 37.3 Å². The van der Waals surface area contributed by atoms with Crippen LogP contribution < -0.4 is 0 Å². The molecule has 3 aromatic carbocycles. The van der Waals surface area contributed by atoms with Gasteiger partial charge in [-0.15, -0.1) is 12.6 Å². The third-order valence-corrected chi connectivity index (χ3v) is 4.15. The second-order valence-electron chi connectivity index (χ2n) is 5.37. The van der Waals surface area contributed by atoms with Gasteiger partial charge >= 0.3 is 5.97 Å². The number of rotatable bonds is 4. The van der Waals surface area contributed by atoms with Crippen molar-refractivity contribution in [1.29, 1.82) is 0 Å². The molecule has 0 aliphatic rings. The lowest BCUT2D eigenvalue weighted by Crippen LogP contribution is -1.96. The van der Waals surface area contributed by atoms with E-state index in [9.17, 15) is 4.79 Å². The first-order valence-corrected chi connectivity index (χ1v) is 7.99. The van der Waals surface area contributed by atoms with E-state index in [1.54, 1.807) is 18.2 Å². The van der Waals surface area contributed by atoms with Crippen LogP contribution in [0.25, 0.3) is 23.3 Å². The highest BCUT2D eigenvalue weighted by molar-refractivity contribution is 7.80. The Bertz CT molecular complexity index is 899. The van der Waals surface area contributed by atoms with Crippen molar-refractivity contribution in [2.45, 2.75) is 4.90 Å². The number of hydrogen-bond donors (Lipinski definition) is 2. The Balaban J connectivity index is 1.95. The average molecular weight is 332 g/mol. The molecule has 3 heteroatoms. The molecule has 0 fully saturated rings. The maximum Gasteiger partial charge on any atom is 0.335 e. The summed E-state index contributed by atoms with van der Waals surface area (Å²) in [6, 6.07) is 23.3. The van der Waals surface area contributed by atoms with Gasteiger partial charge in [0, 0.05) is 4.90 Å². The lowest BCUT2D eigenvalue weighted by Gasteiger charge is -2.06. The van der Waals surface area contributed by atoms with Crippen molar-refractivity contribution in [2.24, 2.45) is 0 Å². The summed E-state index contributed by atoms with van der Waals surface area (Å²) in [4.78, 5) is 11.6. The molecular weight excluding hydrogens is 316 g/mol. The predicted octanol–water partition coefficient (Wildman–Crippen LogP) is 5.51. The molecule has 24 heavy (non-hydrogen) atoms. The molecule has 3 rings (SSSR count). The van der Waals surface area contributed by atoms with Crippen LogP contribution in [0.3, 0.4) is 0 Å². The molecule has 0 saturated heterocycles. The molecule has 118 valence electrons. The van der Waals surface area contributed by atoms with Crippen LogP contribution in [0.15, 0.2) is 77.7 Å². The monoisotopic (exact) mass is 332 g/mol. The van der Waals surface area contributed by atoms with Gasteiger partial charge in [0.15, 0.2) is 0 Å². The normalized spacial score (nSPS) is 10.9. The molecule has 0 atom stereocenters. The van der Waals surface area contributed by atoms with Gasteiger partial charge < -0.3 is 5.11 Å². The van der Waals surface area contributed by atoms with Gasteiger partial charge in [-0.3, -0.25) is 0 Å². The number of aromatic carboxylic acids is 1. The van der Waals surface area contributed by atoms with Crippen LogP contribution in [0.4, 0.5) is 0 Å². The zero-order chi connectivity index (χ0) is 16.9. The maximum absolute atomic E-state index is 11.0. The van der Waals surface area contributed by atoms with Crippen molar-refractivity contribution in [3.8, 4) is 11.1 Å². The summed E-state index contributed by atoms with van der Waals surface area (Å²) in [7, 11) is 0. The van der Waals surface area contributed by atoms with E-state index in [0.717, 1.165) is 22.3 Å². The van der Waals surface area contributed by atoms with E-state index in [2.05, 4.69) is 36.9 Å². The molecule has 1 N–H and O–H groups in total. The van der Waals surface area contributed by atoms with Gasteiger partial charge in [-0.05, 0) is 34.4 Å². The first-order valence-electron chi connectivity index (χ1n) is 7.54. The lowest BCUT2D eigenvalue weighted by molar-refractivity contribution is 0.0696. The van der Waals surface area contributed by atoms with E-state index in [1.165, 1.54) is 0 Å². The Morgan fingerprint density at radius 2 is 1.50 bits per heavy atom. The first kappa shape index (κ1) is 16.1. The van der Waals surface area contributed by atoms with Crippen LogP contribution >= 0.6 is 12.6 Å².